The Hall–Kier alpha value is -1.18. The third-order valence-corrected chi connectivity index (χ3v) is 5.24. The van der Waals surface area contributed by atoms with Gasteiger partial charge >= 0.3 is 0 Å². The molecule has 1 saturated heterocycles. The van der Waals surface area contributed by atoms with Crippen LogP contribution in [0.15, 0.2) is 23.2 Å². The number of ether oxygens (including phenoxy) is 1. The van der Waals surface area contributed by atoms with E-state index in [-0.39, 0.29) is 4.90 Å². The fraction of sp³-hybridized carbons (Fsp3) is 0.583. The van der Waals surface area contributed by atoms with Crippen molar-refractivity contribution in [2.24, 2.45) is 0 Å². The maximum absolute atomic E-state index is 12.6. The molecule has 1 N–H and O–H groups in total. The summed E-state index contributed by atoms with van der Waals surface area (Å²) in [6.07, 6.45) is 1.38. The number of rotatable bonds is 3. The molecule has 0 aromatic carbocycles. The number of aromatic nitrogens is 1. The minimum absolute atomic E-state index is 0.210. The van der Waals surface area contributed by atoms with Gasteiger partial charge in [0.2, 0.25) is 10.0 Å². The van der Waals surface area contributed by atoms with Crippen LogP contribution in [0.25, 0.3) is 0 Å². The molecule has 19 heavy (non-hydrogen) atoms. The van der Waals surface area contributed by atoms with Crippen LogP contribution in [-0.2, 0) is 14.8 Å². The number of nitrogens with zero attached hydrogens (tertiary/aromatic N) is 2. The molecule has 2 rings (SSSR count). The number of hydrogen-bond acceptors (Lipinski definition) is 5. The lowest BCUT2D eigenvalue weighted by atomic mass is 10.1. The molecule has 106 valence electrons. The average molecular weight is 285 g/mol. The molecular formula is C12H19N3O3S. The Morgan fingerprint density at radius 1 is 1.42 bits per heavy atom. The van der Waals surface area contributed by atoms with Gasteiger partial charge in [-0.1, -0.05) is 0 Å². The van der Waals surface area contributed by atoms with Crippen molar-refractivity contribution in [1.29, 1.82) is 0 Å². The Morgan fingerprint density at radius 3 is 2.68 bits per heavy atom. The molecule has 1 aliphatic rings. The first kappa shape index (κ1) is 14.2. The monoisotopic (exact) mass is 285 g/mol. The van der Waals surface area contributed by atoms with Crippen LogP contribution < -0.4 is 5.32 Å². The van der Waals surface area contributed by atoms with Crippen LogP contribution in [0, 0.1) is 0 Å². The minimum Gasteiger partial charge on any atom is -0.378 e. The maximum Gasteiger partial charge on any atom is 0.245 e. The lowest BCUT2D eigenvalue weighted by molar-refractivity contribution is -0.00771. The van der Waals surface area contributed by atoms with Gasteiger partial charge in [-0.15, -0.1) is 0 Å². The Bertz CT molecular complexity index is 540. The second kappa shape index (κ2) is 5.07. The minimum atomic E-state index is -3.53. The summed E-state index contributed by atoms with van der Waals surface area (Å²) >= 11 is 0. The zero-order valence-corrected chi connectivity index (χ0v) is 12.2. The molecule has 0 aliphatic carbocycles. The Labute approximate surface area is 113 Å². The van der Waals surface area contributed by atoms with Gasteiger partial charge in [-0.25, -0.2) is 13.4 Å². The van der Waals surface area contributed by atoms with Crippen molar-refractivity contribution in [1.82, 2.24) is 9.29 Å². The Morgan fingerprint density at radius 2 is 2.16 bits per heavy atom. The van der Waals surface area contributed by atoms with E-state index in [9.17, 15) is 8.42 Å². The lowest BCUT2D eigenvalue weighted by Gasteiger charge is -2.40. The highest BCUT2D eigenvalue weighted by Gasteiger charge is 2.39. The molecule has 0 spiro atoms. The normalized spacial score (nSPS) is 20.2. The van der Waals surface area contributed by atoms with Crippen molar-refractivity contribution < 1.29 is 13.2 Å². The van der Waals surface area contributed by atoms with Crippen molar-refractivity contribution in [3.63, 3.8) is 0 Å². The second-order valence-electron chi connectivity index (χ2n) is 5.07. The quantitative estimate of drug-likeness (QED) is 0.894. The van der Waals surface area contributed by atoms with Gasteiger partial charge in [-0.05, 0) is 26.0 Å². The molecule has 0 unspecified atom stereocenters. The standard InChI is InChI=1S/C12H19N3O3S/c1-12(2)9-18-7-6-15(12)19(16,17)10-4-5-11(13-3)14-8-10/h4-5,8H,6-7,9H2,1-3H3,(H,13,14). The number of hydrogen-bond donors (Lipinski definition) is 1. The summed E-state index contributed by atoms with van der Waals surface area (Å²) in [7, 11) is -1.79. The van der Waals surface area contributed by atoms with Crippen LogP contribution in [0.2, 0.25) is 0 Å². The number of morpholine rings is 1. The molecule has 1 aliphatic heterocycles. The highest BCUT2D eigenvalue weighted by Crippen LogP contribution is 2.27. The van der Waals surface area contributed by atoms with Crippen LogP contribution in [-0.4, -0.2) is 50.1 Å². The summed E-state index contributed by atoms with van der Waals surface area (Å²) in [5, 5.41) is 2.86. The van der Waals surface area contributed by atoms with Crippen molar-refractivity contribution >= 4 is 15.8 Å². The molecule has 7 heteroatoms. The van der Waals surface area contributed by atoms with Gasteiger partial charge in [0.1, 0.15) is 10.7 Å². The highest BCUT2D eigenvalue weighted by molar-refractivity contribution is 7.89. The molecule has 1 aromatic rings. The number of anilines is 1. The molecule has 1 aromatic heterocycles. The van der Waals surface area contributed by atoms with E-state index in [0.717, 1.165) is 0 Å². The van der Waals surface area contributed by atoms with Gasteiger partial charge in [0.25, 0.3) is 0 Å². The molecule has 0 bridgehead atoms. The third-order valence-electron chi connectivity index (χ3n) is 3.15. The van der Waals surface area contributed by atoms with Crippen molar-refractivity contribution in [2.45, 2.75) is 24.3 Å². The molecule has 0 saturated carbocycles. The van der Waals surface area contributed by atoms with E-state index in [2.05, 4.69) is 10.3 Å². The van der Waals surface area contributed by atoms with Gasteiger partial charge in [0.05, 0.1) is 18.8 Å². The van der Waals surface area contributed by atoms with E-state index in [1.165, 1.54) is 10.5 Å². The van der Waals surface area contributed by atoms with Crippen molar-refractivity contribution in [3.8, 4) is 0 Å². The van der Waals surface area contributed by atoms with Gasteiger partial charge in [0, 0.05) is 19.8 Å². The SMILES string of the molecule is CNc1ccc(S(=O)(=O)N2CCOCC2(C)C)cn1. The van der Waals surface area contributed by atoms with E-state index >= 15 is 0 Å². The lowest BCUT2D eigenvalue weighted by Crippen LogP contribution is -2.55. The molecule has 1 fully saturated rings. The van der Waals surface area contributed by atoms with Gasteiger partial charge < -0.3 is 10.1 Å². The van der Waals surface area contributed by atoms with Gasteiger partial charge in [-0.2, -0.15) is 4.31 Å². The highest BCUT2D eigenvalue weighted by atomic mass is 32.2. The Balaban J connectivity index is 2.35. The first-order chi connectivity index (χ1) is 8.88. The summed E-state index contributed by atoms with van der Waals surface area (Å²) < 4.78 is 32.1. The first-order valence-electron chi connectivity index (χ1n) is 6.12. The smallest absolute Gasteiger partial charge is 0.245 e. The summed E-state index contributed by atoms with van der Waals surface area (Å²) in [5.74, 6) is 0.639. The maximum atomic E-state index is 12.6. The molecular weight excluding hydrogens is 266 g/mol. The fourth-order valence-electron chi connectivity index (χ4n) is 2.10. The fourth-order valence-corrected chi connectivity index (χ4v) is 3.80. The largest absolute Gasteiger partial charge is 0.378 e. The van der Waals surface area contributed by atoms with E-state index in [1.807, 2.05) is 13.8 Å². The van der Waals surface area contributed by atoms with Crippen molar-refractivity contribution in [2.75, 3.05) is 32.1 Å². The van der Waals surface area contributed by atoms with Crippen LogP contribution in [0.3, 0.4) is 0 Å². The summed E-state index contributed by atoms with van der Waals surface area (Å²) in [4.78, 5) is 4.27. The van der Waals surface area contributed by atoms with Crippen LogP contribution in [0.1, 0.15) is 13.8 Å². The zero-order chi connectivity index (χ0) is 14.1. The number of nitrogens with one attached hydrogen (secondary N) is 1. The van der Waals surface area contributed by atoms with Crippen molar-refractivity contribution in [3.05, 3.63) is 18.3 Å². The first-order valence-corrected chi connectivity index (χ1v) is 7.56. The van der Waals surface area contributed by atoms with Crippen LogP contribution in [0.4, 0.5) is 5.82 Å². The predicted molar refractivity (Wildman–Crippen MR) is 72.6 cm³/mol. The second-order valence-corrected chi connectivity index (χ2v) is 6.93. The summed E-state index contributed by atoms with van der Waals surface area (Å²) in [6, 6.07) is 3.22. The topological polar surface area (TPSA) is 71.5 Å². The summed E-state index contributed by atoms with van der Waals surface area (Å²) in [6.45, 7) is 4.90. The zero-order valence-electron chi connectivity index (χ0n) is 11.4. The van der Waals surface area contributed by atoms with E-state index in [0.29, 0.717) is 25.6 Å². The molecule has 0 radical (unpaired) electrons. The molecule has 2 heterocycles. The van der Waals surface area contributed by atoms with Gasteiger partial charge in [-0.3, -0.25) is 0 Å². The van der Waals surface area contributed by atoms with Crippen LogP contribution in [0.5, 0.6) is 0 Å². The third kappa shape index (κ3) is 2.72. The van der Waals surface area contributed by atoms with E-state index < -0.39 is 15.6 Å². The number of pyridine rings is 1. The van der Waals surface area contributed by atoms with Gasteiger partial charge in [0.15, 0.2) is 0 Å². The van der Waals surface area contributed by atoms with E-state index in [1.54, 1.807) is 19.2 Å². The molecule has 6 nitrogen and oxygen atoms in total. The molecule has 0 amide bonds. The molecule has 0 atom stereocenters. The number of sulfonamides is 1. The Kier molecular flexibility index (Phi) is 3.80. The average Bonchev–Trinajstić information content (AvgIpc) is 2.38. The predicted octanol–water partition coefficient (Wildman–Crippen LogP) is 0.923. The van der Waals surface area contributed by atoms with E-state index in [4.69, 9.17) is 4.74 Å². The summed E-state index contributed by atoms with van der Waals surface area (Å²) in [5.41, 5.74) is -0.543. The van der Waals surface area contributed by atoms with Crippen LogP contribution >= 0.6 is 0 Å².